The van der Waals surface area contributed by atoms with E-state index < -0.39 is 5.91 Å². The molecule has 0 saturated heterocycles. The van der Waals surface area contributed by atoms with E-state index in [4.69, 9.17) is 14.2 Å². The number of halogens is 1. The Morgan fingerprint density at radius 2 is 1.79 bits per heavy atom. The maximum absolute atomic E-state index is 13.8. The zero-order chi connectivity index (χ0) is 23.5. The summed E-state index contributed by atoms with van der Waals surface area (Å²) >= 11 is 0. The predicted molar refractivity (Wildman–Crippen MR) is 126 cm³/mol. The molecular formula is C26H25FN2O4. The lowest BCUT2D eigenvalue weighted by Gasteiger charge is -2.12. The van der Waals surface area contributed by atoms with Gasteiger partial charge < -0.3 is 14.2 Å². The molecule has 6 nitrogen and oxygen atoms in total. The minimum absolute atomic E-state index is 0.0738. The van der Waals surface area contributed by atoms with Crippen LogP contribution in [0.15, 0.2) is 84.5 Å². The van der Waals surface area contributed by atoms with Crippen LogP contribution in [0.1, 0.15) is 28.4 Å². The Hall–Kier alpha value is -4.13. The number of hydrazone groups is 1. The molecule has 0 fully saturated rings. The minimum atomic E-state index is -0.410. The Kier molecular flexibility index (Phi) is 8.59. The number of amides is 1. The number of nitrogens with zero attached hydrogens (tertiary/aromatic N) is 1. The summed E-state index contributed by atoms with van der Waals surface area (Å²) in [5, 5.41) is 4.03. The summed E-state index contributed by atoms with van der Waals surface area (Å²) in [5.74, 6) is 0.761. The number of hydrogen-bond donors (Lipinski definition) is 1. The molecule has 33 heavy (non-hydrogen) atoms. The Labute approximate surface area is 192 Å². The predicted octanol–water partition coefficient (Wildman–Crippen LogP) is 5.13. The van der Waals surface area contributed by atoms with Crippen molar-refractivity contribution in [3.63, 3.8) is 0 Å². The molecule has 3 aromatic carbocycles. The monoisotopic (exact) mass is 448 g/mol. The average molecular weight is 448 g/mol. The van der Waals surface area contributed by atoms with Crippen LogP contribution in [-0.4, -0.2) is 25.3 Å². The van der Waals surface area contributed by atoms with Crippen LogP contribution in [0.5, 0.6) is 17.2 Å². The van der Waals surface area contributed by atoms with Gasteiger partial charge in [0.25, 0.3) is 5.91 Å². The molecule has 1 N–H and O–H groups in total. The smallest absolute Gasteiger partial charge is 0.271 e. The van der Waals surface area contributed by atoms with E-state index in [9.17, 15) is 9.18 Å². The first-order valence-electron chi connectivity index (χ1n) is 10.4. The van der Waals surface area contributed by atoms with Crippen molar-refractivity contribution in [2.24, 2.45) is 5.10 Å². The highest BCUT2D eigenvalue weighted by atomic mass is 19.1. The molecule has 0 spiro atoms. The normalized spacial score (nSPS) is 10.6. The van der Waals surface area contributed by atoms with Crippen molar-refractivity contribution >= 4 is 12.1 Å². The number of benzene rings is 3. The third kappa shape index (κ3) is 6.67. The summed E-state index contributed by atoms with van der Waals surface area (Å²) < 4.78 is 30.7. The molecule has 0 saturated carbocycles. The van der Waals surface area contributed by atoms with E-state index in [0.29, 0.717) is 47.2 Å². The summed E-state index contributed by atoms with van der Waals surface area (Å²) in [6.45, 7) is 6.30. The van der Waals surface area contributed by atoms with Crippen molar-refractivity contribution in [2.75, 3.05) is 13.2 Å². The first-order valence-corrected chi connectivity index (χ1v) is 10.4. The second-order valence-electron chi connectivity index (χ2n) is 6.81. The highest BCUT2D eigenvalue weighted by molar-refractivity contribution is 5.95. The van der Waals surface area contributed by atoms with E-state index >= 15 is 0 Å². The number of hydrogen-bond acceptors (Lipinski definition) is 5. The summed E-state index contributed by atoms with van der Waals surface area (Å²) in [4.78, 5) is 12.5. The molecule has 0 bridgehead atoms. The number of carbonyl (C=O) groups is 1. The molecule has 170 valence electrons. The lowest BCUT2D eigenvalue weighted by atomic mass is 10.2. The molecule has 3 rings (SSSR count). The van der Waals surface area contributed by atoms with Gasteiger partial charge in [0.05, 0.1) is 12.8 Å². The maximum atomic E-state index is 13.8. The van der Waals surface area contributed by atoms with E-state index in [2.05, 4.69) is 17.1 Å². The Morgan fingerprint density at radius 1 is 1.00 bits per heavy atom. The zero-order valence-corrected chi connectivity index (χ0v) is 18.3. The van der Waals surface area contributed by atoms with Gasteiger partial charge in [-0.05, 0) is 43.3 Å². The summed E-state index contributed by atoms with van der Waals surface area (Å²) in [7, 11) is 0. The lowest BCUT2D eigenvalue weighted by molar-refractivity contribution is 0.0954. The van der Waals surface area contributed by atoms with Gasteiger partial charge in [0.1, 0.15) is 24.8 Å². The van der Waals surface area contributed by atoms with Crippen LogP contribution in [0.3, 0.4) is 0 Å². The molecule has 1 amide bonds. The van der Waals surface area contributed by atoms with Crippen LogP contribution in [-0.2, 0) is 6.61 Å². The summed E-state index contributed by atoms with van der Waals surface area (Å²) in [6, 6.07) is 18.5. The van der Waals surface area contributed by atoms with Gasteiger partial charge in [0, 0.05) is 16.7 Å². The van der Waals surface area contributed by atoms with E-state index in [1.807, 2.05) is 13.0 Å². The van der Waals surface area contributed by atoms with Gasteiger partial charge in [-0.2, -0.15) is 5.10 Å². The fourth-order valence-electron chi connectivity index (χ4n) is 2.90. The molecule has 0 radical (unpaired) electrons. The number of para-hydroxylation sites is 1. The first kappa shape index (κ1) is 23.5. The van der Waals surface area contributed by atoms with Crippen molar-refractivity contribution in [1.29, 1.82) is 0 Å². The van der Waals surface area contributed by atoms with E-state index in [0.717, 1.165) is 0 Å². The lowest BCUT2D eigenvalue weighted by Crippen LogP contribution is -2.18. The molecule has 0 aliphatic rings. The second-order valence-corrected chi connectivity index (χ2v) is 6.81. The number of nitrogens with one attached hydrogen (secondary N) is 1. The Morgan fingerprint density at radius 3 is 2.58 bits per heavy atom. The molecule has 0 aromatic heterocycles. The molecule has 7 heteroatoms. The Balaban J connectivity index is 1.66. The van der Waals surface area contributed by atoms with Gasteiger partial charge in [-0.3, -0.25) is 4.79 Å². The highest BCUT2D eigenvalue weighted by Gasteiger charge is 2.11. The first-order chi connectivity index (χ1) is 16.1. The molecule has 0 aliphatic carbocycles. The van der Waals surface area contributed by atoms with Crippen LogP contribution in [0.4, 0.5) is 4.39 Å². The van der Waals surface area contributed by atoms with Crippen molar-refractivity contribution in [1.82, 2.24) is 5.43 Å². The van der Waals surface area contributed by atoms with Crippen LogP contribution in [0.2, 0.25) is 0 Å². The topological polar surface area (TPSA) is 69.2 Å². The van der Waals surface area contributed by atoms with Crippen molar-refractivity contribution in [3.05, 3.63) is 102 Å². The third-order valence-corrected chi connectivity index (χ3v) is 4.49. The van der Waals surface area contributed by atoms with Crippen molar-refractivity contribution < 1.29 is 23.4 Å². The SMILES string of the molecule is C=CCOc1ccc(C(=O)N/N=C/c2ccccc2OCc2ccccc2F)cc1OCC. The van der Waals surface area contributed by atoms with Gasteiger partial charge in [0.15, 0.2) is 11.5 Å². The molecule has 0 unspecified atom stereocenters. The van der Waals surface area contributed by atoms with Crippen LogP contribution >= 0.6 is 0 Å². The van der Waals surface area contributed by atoms with Crippen LogP contribution in [0.25, 0.3) is 0 Å². The van der Waals surface area contributed by atoms with E-state index in [1.165, 1.54) is 12.3 Å². The van der Waals surface area contributed by atoms with E-state index in [1.54, 1.807) is 60.7 Å². The number of ether oxygens (including phenoxy) is 3. The largest absolute Gasteiger partial charge is 0.490 e. The quantitative estimate of drug-likeness (QED) is 0.251. The van der Waals surface area contributed by atoms with Gasteiger partial charge in [-0.15, -0.1) is 0 Å². The maximum Gasteiger partial charge on any atom is 0.271 e. The fraction of sp³-hybridized carbons (Fsp3) is 0.154. The van der Waals surface area contributed by atoms with Gasteiger partial charge in [0.2, 0.25) is 0 Å². The standard InChI is InChI=1S/C26H25FN2O4/c1-3-15-32-24-14-13-19(16-25(24)31-4-2)26(30)29-28-17-20-9-6-8-12-23(20)33-18-21-10-5-7-11-22(21)27/h3,5-14,16-17H,1,4,15,18H2,2H3,(H,29,30)/b28-17+. The van der Waals surface area contributed by atoms with Crippen molar-refractivity contribution in [2.45, 2.75) is 13.5 Å². The number of carbonyl (C=O) groups excluding carboxylic acids is 1. The Bertz CT molecular complexity index is 1130. The highest BCUT2D eigenvalue weighted by Crippen LogP contribution is 2.28. The summed E-state index contributed by atoms with van der Waals surface area (Å²) in [6.07, 6.45) is 3.10. The second kappa shape index (κ2) is 12.0. The van der Waals surface area contributed by atoms with Gasteiger partial charge in [-0.25, -0.2) is 9.82 Å². The molecule has 0 aliphatic heterocycles. The van der Waals surface area contributed by atoms with Crippen molar-refractivity contribution in [3.8, 4) is 17.2 Å². The average Bonchev–Trinajstić information content (AvgIpc) is 2.83. The molecule has 3 aromatic rings. The minimum Gasteiger partial charge on any atom is -0.490 e. The number of rotatable bonds is 11. The fourth-order valence-corrected chi connectivity index (χ4v) is 2.90. The zero-order valence-electron chi connectivity index (χ0n) is 18.3. The molecule has 0 atom stereocenters. The summed E-state index contributed by atoms with van der Waals surface area (Å²) in [5.41, 5.74) is 3.94. The van der Waals surface area contributed by atoms with Crippen LogP contribution < -0.4 is 19.6 Å². The molecular weight excluding hydrogens is 423 g/mol. The van der Waals surface area contributed by atoms with E-state index in [-0.39, 0.29) is 12.4 Å². The van der Waals surface area contributed by atoms with Gasteiger partial charge >= 0.3 is 0 Å². The molecule has 0 heterocycles. The van der Waals surface area contributed by atoms with Crippen LogP contribution in [0, 0.1) is 5.82 Å². The third-order valence-electron chi connectivity index (χ3n) is 4.49. The van der Waals surface area contributed by atoms with Gasteiger partial charge in [-0.1, -0.05) is 43.0 Å².